The van der Waals surface area contributed by atoms with Crippen LogP contribution in [0.15, 0.2) is 42.5 Å². The molecule has 1 saturated carbocycles. The Morgan fingerprint density at radius 1 is 1.03 bits per heavy atom. The van der Waals surface area contributed by atoms with Gasteiger partial charge in [-0.15, -0.1) is 0 Å². The Hall–Kier alpha value is -2.04. The van der Waals surface area contributed by atoms with Crippen molar-refractivity contribution in [3.63, 3.8) is 0 Å². The van der Waals surface area contributed by atoms with E-state index in [0.29, 0.717) is 0 Å². The average molecular weight is 397 g/mol. The van der Waals surface area contributed by atoms with Gasteiger partial charge in [0.25, 0.3) is 0 Å². The molecule has 2 N–H and O–H groups in total. The maximum atomic E-state index is 11.5. The largest absolute Gasteiger partial charge is 0.497 e. The van der Waals surface area contributed by atoms with Gasteiger partial charge in [0, 0.05) is 17.9 Å². The number of hydrogen-bond donors (Lipinski definition) is 2. The van der Waals surface area contributed by atoms with E-state index in [1.807, 2.05) is 12.1 Å². The van der Waals surface area contributed by atoms with Crippen LogP contribution in [0.5, 0.6) is 11.5 Å². The molecule has 0 bridgehead atoms. The van der Waals surface area contributed by atoms with E-state index in [1.165, 1.54) is 28.0 Å². The number of piperidine rings is 1. The molecule has 4 atom stereocenters. The number of aryl methyl sites for hydroxylation is 1. The minimum Gasteiger partial charge on any atom is -0.497 e. The smallest absolute Gasteiger partial charge is 0.128 e. The second-order valence-electron chi connectivity index (χ2n) is 8.86. The second kappa shape index (κ2) is 8.37. The van der Waals surface area contributed by atoms with Gasteiger partial charge in [0.15, 0.2) is 0 Å². The molecule has 0 radical (unpaired) electrons. The Labute approximate surface area is 174 Å². The topological polar surface area (TPSA) is 43.1 Å². The Balaban J connectivity index is 1.75. The molecule has 1 saturated heterocycles. The van der Waals surface area contributed by atoms with Gasteiger partial charge in [-0.2, -0.15) is 0 Å². The maximum Gasteiger partial charge on any atom is 0.128 e. The van der Waals surface area contributed by atoms with Crippen LogP contribution in [-0.4, -0.2) is 31.5 Å². The lowest BCUT2D eigenvalue weighted by molar-refractivity contribution is -0.958. The minimum absolute atomic E-state index is 0.195. The number of ether oxygens (including phenoxy) is 2. The highest BCUT2D eigenvalue weighted by molar-refractivity contribution is 5.42. The van der Waals surface area contributed by atoms with Crippen molar-refractivity contribution in [2.75, 3.05) is 20.8 Å². The third-order valence-corrected chi connectivity index (χ3v) is 7.11. The highest BCUT2D eigenvalue weighted by Crippen LogP contribution is 2.46. The highest BCUT2D eigenvalue weighted by Gasteiger charge is 2.52. The van der Waals surface area contributed by atoms with Crippen molar-refractivity contribution >= 4 is 0 Å². The number of fused-ring (bicyclic) bond motifs is 1. The molecule has 1 aliphatic carbocycles. The van der Waals surface area contributed by atoms with Crippen LogP contribution in [0, 0.1) is 12.8 Å². The van der Waals surface area contributed by atoms with Crippen molar-refractivity contribution in [3.8, 4) is 11.5 Å². The van der Waals surface area contributed by atoms with E-state index in [0.717, 1.165) is 50.3 Å². The first-order valence-corrected chi connectivity index (χ1v) is 10.9. The number of likely N-dealkylation sites (tertiary alicyclic amines) is 1. The fourth-order valence-electron chi connectivity index (χ4n) is 5.54. The minimum atomic E-state index is -0.562. The summed E-state index contributed by atoms with van der Waals surface area (Å²) in [4.78, 5) is 1.51. The summed E-state index contributed by atoms with van der Waals surface area (Å²) in [7, 11) is 3.45. The Morgan fingerprint density at radius 2 is 1.83 bits per heavy atom. The normalized spacial score (nSPS) is 29.2. The number of quaternary nitrogens is 1. The summed E-state index contributed by atoms with van der Waals surface area (Å²) in [6.45, 7) is 4.05. The molecule has 1 unspecified atom stereocenters. The molecule has 4 rings (SSSR count). The molecule has 2 fully saturated rings. The lowest BCUT2D eigenvalue weighted by Crippen LogP contribution is -3.13. The van der Waals surface area contributed by atoms with Crippen molar-refractivity contribution < 1.29 is 19.5 Å². The van der Waals surface area contributed by atoms with Crippen LogP contribution in [0.4, 0.5) is 0 Å². The second-order valence-corrected chi connectivity index (χ2v) is 8.86. The maximum absolute atomic E-state index is 11.5. The number of hydrogen-bond acceptors (Lipinski definition) is 3. The lowest BCUT2D eigenvalue weighted by Gasteiger charge is -2.50. The van der Waals surface area contributed by atoms with Crippen LogP contribution in [0.2, 0.25) is 0 Å². The first kappa shape index (κ1) is 20.2. The molecule has 0 spiro atoms. The molecule has 2 aromatic carbocycles. The van der Waals surface area contributed by atoms with Crippen molar-refractivity contribution in [3.05, 3.63) is 59.2 Å². The van der Waals surface area contributed by atoms with Gasteiger partial charge in [-0.05, 0) is 38.0 Å². The Bertz CT molecular complexity index is 834. The Morgan fingerprint density at radius 3 is 2.55 bits per heavy atom. The van der Waals surface area contributed by atoms with E-state index < -0.39 is 5.60 Å². The highest BCUT2D eigenvalue weighted by atomic mass is 16.5. The molecule has 2 aromatic rings. The van der Waals surface area contributed by atoms with Gasteiger partial charge in [0.2, 0.25) is 0 Å². The van der Waals surface area contributed by atoms with E-state index in [9.17, 15) is 5.11 Å². The first-order valence-electron chi connectivity index (χ1n) is 10.9. The zero-order chi connectivity index (χ0) is 20.4. The predicted octanol–water partition coefficient (Wildman–Crippen LogP) is 3.46. The van der Waals surface area contributed by atoms with Crippen LogP contribution >= 0.6 is 0 Å². The Kier molecular flexibility index (Phi) is 5.84. The molecular weight excluding hydrogens is 362 g/mol. The van der Waals surface area contributed by atoms with E-state index in [4.69, 9.17) is 9.47 Å². The van der Waals surface area contributed by atoms with E-state index >= 15 is 0 Å². The summed E-state index contributed by atoms with van der Waals surface area (Å²) in [6.07, 6.45) is 5.18. The van der Waals surface area contributed by atoms with Crippen molar-refractivity contribution in [2.24, 2.45) is 5.92 Å². The summed E-state index contributed by atoms with van der Waals surface area (Å²) < 4.78 is 11.3. The molecule has 29 heavy (non-hydrogen) atoms. The van der Waals surface area contributed by atoms with E-state index in [2.05, 4.69) is 37.3 Å². The van der Waals surface area contributed by atoms with E-state index in [1.54, 1.807) is 14.2 Å². The average Bonchev–Trinajstić information content (AvgIpc) is 2.74. The van der Waals surface area contributed by atoms with Gasteiger partial charge in [-0.1, -0.05) is 42.7 Å². The number of rotatable bonds is 5. The fourth-order valence-corrected chi connectivity index (χ4v) is 5.54. The van der Waals surface area contributed by atoms with Gasteiger partial charge in [-0.25, -0.2) is 0 Å². The molecule has 2 aliphatic rings. The van der Waals surface area contributed by atoms with Crippen LogP contribution < -0.4 is 14.4 Å². The number of nitrogens with one attached hydrogen (secondary N) is 1. The summed E-state index contributed by atoms with van der Waals surface area (Å²) in [5.41, 5.74) is 3.24. The van der Waals surface area contributed by atoms with Crippen molar-refractivity contribution in [1.82, 2.24) is 0 Å². The van der Waals surface area contributed by atoms with Crippen molar-refractivity contribution in [1.29, 1.82) is 0 Å². The van der Waals surface area contributed by atoms with Crippen molar-refractivity contribution in [2.45, 2.75) is 57.2 Å². The summed E-state index contributed by atoms with van der Waals surface area (Å²) in [5.74, 6) is 1.99. The van der Waals surface area contributed by atoms with E-state index in [-0.39, 0.29) is 12.0 Å². The van der Waals surface area contributed by atoms with Gasteiger partial charge in [0.05, 0.1) is 31.9 Å². The quantitative estimate of drug-likeness (QED) is 0.813. The standard InChI is InChI=1S/C25H33NO3/c1-18-7-9-19(10-8-18)17-26-15-14-25(27)13-5-4-6-22(25)24(26)21-16-20(28-2)11-12-23(21)29-3/h7-12,16,22,24,27H,4-6,13-15,17H2,1-3H3/p+1/t22-,24-,25+/m0/s1. The zero-order valence-corrected chi connectivity index (χ0v) is 17.9. The summed E-state index contributed by atoms with van der Waals surface area (Å²) in [5, 5.41) is 11.5. The summed E-state index contributed by atoms with van der Waals surface area (Å²) >= 11 is 0. The SMILES string of the molecule is COc1ccc(OC)c([C@H]2[C@@H]3CCCC[C@@]3(O)CC[NH+]2Cc2ccc(C)cc2)c1. The van der Waals surface area contributed by atoms with Crippen LogP contribution in [0.3, 0.4) is 0 Å². The fraction of sp³-hybridized carbons (Fsp3) is 0.520. The van der Waals surface area contributed by atoms with Gasteiger partial charge < -0.3 is 19.5 Å². The predicted molar refractivity (Wildman–Crippen MR) is 115 cm³/mol. The molecular formula is C25H34NO3+. The monoisotopic (exact) mass is 396 g/mol. The molecule has 0 amide bonds. The summed E-state index contributed by atoms with van der Waals surface area (Å²) in [6, 6.07) is 15.1. The van der Waals surface area contributed by atoms with Crippen LogP contribution in [-0.2, 0) is 6.54 Å². The van der Waals surface area contributed by atoms with Gasteiger partial charge in [-0.3, -0.25) is 0 Å². The zero-order valence-electron chi connectivity index (χ0n) is 17.9. The molecule has 4 heteroatoms. The number of aliphatic hydroxyl groups is 1. The molecule has 1 heterocycles. The molecule has 0 aromatic heterocycles. The van der Waals surface area contributed by atoms with Crippen LogP contribution in [0.25, 0.3) is 0 Å². The first-order chi connectivity index (χ1) is 14.0. The van der Waals surface area contributed by atoms with Gasteiger partial charge in [0.1, 0.15) is 24.1 Å². The third kappa shape index (κ3) is 4.01. The molecule has 1 aliphatic heterocycles. The number of methoxy groups -OCH3 is 2. The molecule has 4 nitrogen and oxygen atoms in total. The number of benzene rings is 2. The van der Waals surface area contributed by atoms with Gasteiger partial charge >= 0.3 is 0 Å². The molecule has 156 valence electrons. The van der Waals surface area contributed by atoms with Crippen LogP contribution in [0.1, 0.15) is 54.8 Å². The lowest BCUT2D eigenvalue weighted by atomic mass is 9.66. The third-order valence-electron chi connectivity index (χ3n) is 7.11.